The summed E-state index contributed by atoms with van der Waals surface area (Å²) < 4.78 is 35.2. The Labute approximate surface area is 166 Å². The van der Waals surface area contributed by atoms with E-state index in [-0.39, 0.29) is 5.56 Å². The molecule has 29 heavy (non-hydrogen) atoms. The van der Waals surface area contributed by atoms with Crippen LogP contribution in [0.4, 0.5) is 4.39 Å². The molecule has 0 spiro atoms. The number of alkyl halides is 1. The molecule has 1 heterocycles. The highest BCUT2D eigenvalue weighted by Gasteiger charge is 2.51. The van der Waals surface area contributed by atoms with Gasteiger partial charge in [0.25, 0.3) is 5.91 Å². The first kappa shape index (κ1) is 22.3. The van der Waals surface area contributed by atoms with Crippen LogP contribution in [-0.2, 0) is 33.3 Å². The van der Waals surface area contributed by atoms with E-state index in [4.69, 9.17) is 18.9 Å². The minimum absolute atomic E-state index is 0.243. The first-order valence-corrected chi connectivity index (χ1v) is 8.82. The number of hydrogen-bond acceptors (Lipinski definition) is 8. The molecule has 0 saturated carbocycles. The van der Waals surface area contributed by atoms with Crippen LogP contribution < -0.4 is 5.32 Å². The summed E-state index contributed by atoms with van der Waals surface area (Å²) in [5.41, 5.74) is 0.243. The van der Waals surface area contributed by atoms with Crippen LogP contribution in [-0.4, -0.2) is 61.1 Å². The van der Waals surface area contributed by atoms with Gasteiger partial charge >= 0.3 is 17.9 Å². The van der Waals surface area contributed by atoms with E-state index >= 15 is 0 Å². The van der Waals surface area contributed by atoms with Crippen LogP contribution in [0.1, 0.15) is 31.1 Å². The van der Waals surface area contributed by atoms with Crippen molar-refractivity contribution in [3.8, 4) is 0 Å². The van der Waals surface area contributed by atoms with E-state index in [0.29, 0.717) is 0 Å². The van der Waals surface area contributed by atoms with Gasteiger partial charge in [0, 0.05) is 26.3 Å². The average molecular weight is 411 g/mol. The first-order chi connectivity index (χ1) is 13.7. The number of nitrogens with one attached hydrogen (secondary N) is 1. The first-order valence-electron chi connectivity index (χ1n) is 8.82. The Kier molecular flexibility index (Phi) is 7.66. The molecule has 1 fully saturated rings. The molecule has 1 amide bonds. The lowest BCUT2D eigenvalue weighted by Gasteiger charge is -2.42. The zero-order valence-electron chi connectivity index (χ0n) is 16.1. The summed E-state index contributed by atoms with van der Waals surface area (Å²) >= 11 is 0. The Morgan fingerprint density at radius 2 is 1.55 bits per heavy atom. The van der Waals surface area contributed by atoms with Gasteiger partial charge in [0.05, 0.1) is 0 Å². The van der Waals surface area contributed by atoms with Crippen molar-refractivity contribution in [3.05, 3.63) is 35.9 Å². The van der Waals surface area contributed by atoms with Crippen LogP contribution in [0.3, 0.4) is 0 Å². The van der Waals surface area contributed by atoms with Crippen LogP contribution >= 0.6 is 0 Å². The summed E-state index contributed by atoms with van der Waals surface area (Å²) in [4.78, 5) is 46.7. The quantitative estimate of drug-likeness (QED) is 0.542. The van der Waals surface area contributed by atoms with Crippen molar-refractivity contribution in [3.63, 3.8) is 0 Å². The van der Waals surface area contributed by atoms with Gasteiger partial charge in [-0.2, -0.15) is 0 Å². The van der Waals surface area contributed by atoms with Crippen LogP contribution in [0.25, 0.3) is 0 Å². The van der Waals surface area contributed by atoms with E-state index in [1.807, 2.05) is 0 Å². The summed E-state index contributed by atoms with van der Waals surface area (Å²) in [5, 5.41) is 2.41. The summed E-state index contributed by atoms with van der Waals surface area (Å²) in [6, 6.07) is 6.51. The molecule has 0 aromatic heterocycles. The molecule has 1 aliphatic heterocycles. The topological polar surface area (TPSA) is 117 Å². The van der Waals surface area contributed by atoms with Crippen molar-refractivity contribution < 1.29 is 42.5 Å². The minimum atomic E-state index is -2.13. The fourth-order valence-corrected chi connectivity index (χ4v) is 2.87. The number of ether oxygens (including phenoxy) is 4. The third-order valence-electron chi connectivity index (χ3n) is 4.02. The second-order valence-corrected chi connectivity index (χ2v) is 6.34. The maximum atomic E-state index is 14.8. The molecule has 2 rings (SSSR count). The number of hydrogen-bond donors (Lipinski definition) is 1. The van der Waals surface area contributed by atoms with E-state index in [9.17, 15) is 23.6 Å². The van der Waals surface area contributed by atoms with Gasteiger partial charge in [0.1, 0.15) is 18.8 Å². The molecule has 5 unspecified atom stereocenters. The van der Waals surface area contributed by atoms with Gasteiger partial charge in [-0.3, -0.25) is 19.2 Å². The second-order valence-electron chi connectivity index (χ2n) is 6.34. The Morgan fingerprint density at radius 3 is 2.10 bits per heavy atom. The van der Waals surface area contributed by atoms with Gasteiger partial charge in [-0.1, -0.05) is 18.2 Å². The number of esters is 3. The summed E-state index contributed by atoms with van der Waals surface area (Å²) in [7, 11) is 0. The number of amides is 1. The average Bonchev–Trinajstić information content (AvgIpc) is 2.65. The number of benzene rings is 1. The predicted octanol–water partition coefficient (Wildman–Crippen LogP) is 0.906. The van der Waals surface area contributed by atoms with Crippen molar-refractivity contribution in [2.45, 2.75) is 51.5 Å². The van der Waals surface area contributed by atoms with Crippen LogP contribution in [0.2, 0.25) is 0 Å². The summed E-state index contributed by atoms with van der Waals surface area (Å²) in [6.07, 6.45) is -6.09. The highest BCUT2D eigenvalue weighted by Crippen LogP contribution is 2.28. The molecule has 1 aromatic rings. The fraction of sp³-hybridized carbons (Fsp3) is 0.474. The Balaban J connectivity index is 2.30. The SMILES string of the molecule is CC(=O)OCC1OC(F)C(NC(=O)c2ccccc2)C(OC(C)=O)C1OC(C)=O. The Hall–Kier alpha value is -3.01. The molecule has 158 valence electrons. The molecular formula is C19H22FNO8. The van der Waals surface area contributed by atoms with Crippen LogP contribution in [0.15, 0.2) is 30.3 Å². The van der Waals surface area contributed by atoms with E-state index in [1.165, 1.54) is 12.1 Å². The standard InChI is InChI=1S/C19H22FNO8/c1-10(22)26-9-14-16(27-11(2)23)17(28-12(3)24)15(18(20)29-14)21-19(25)13-7-5-4-6-8-13/h4-8,14-18H,9H2,1-3H3,(H,21,25). The van der Waals surface area contributed by atoms with E-state index in [0.717, 1.165) is 20.8 Å². The molecular weight excluding hydrogens is 389 g/mol. The second kappa shape index (κ2) is 9.97. The number of halogens is 1. The predicted molar refractivity (Wildman–Crippen MR) is 95.2 cm³/mol. The van der Waals surface area contributed by atoms with Gasteiger partial charge in [-0.05, 0) is 12.1 Å². The van der Waals surface area contributed by atoms with E-state index in [2.05, 4.69) is 5.32 Å². The van der Waals surface area contributed by atoms with Gasteiger partial charge in [0.2, 0.25) is 6.36 Å². The molecule has 5 atom stereocenters. The zero-order chi connectivity index (χ0) is 21.6. The molecule has 0 aliphatic carbocycles. The molecule has 0 bridgehead atoms. The minimum Gasteiger partial charge on any atom is -0.463 e. The largest absolute Gasteiger partial charge is 0.463 e. The smallest absolute Gasteiger partial charge is 0.303 e. The molecule has 1 aromatic carbocycles. The monoisotopic (exact) mass is 411 g/mol. The van der Waals surface area contributed by atoms with Crippen molar-refractivity contribution in [1.82, 2.24) is 5.32 Å². The normalized spacial score (nSPS) is 26.1. The highest BCUT2D eigenvalue weighted by atomic mass is 19.1. The maximum Gasteiger partial charge on any atom is 0.303 e. The zero-order valence-corrected chi connectivity index (χ0v) is 16.1. The number of rotatable bonds is 6. The number of carbonyl (C=O) groups excluding carboxylic acids is 4. The van der Waals surface area contributed by atoms with E-state index in [1.54, 1.807) is 18.2 Å². The summed E-state index contributed by atoms with van der Waals surface area (Å²) in [5.74, 6) is -2.84. The molecule has 0 radical (unpaired) electrons. The lowest BCUT2D eigenvalue weighted by atomic mass is 9.96. The molecule has 1 saturated heterocycles. The van der Waals surface area contributed by atoms with Gasteiger partial charge in [-0.15, -0.1) is 0 Å². The molecule has 9 nitrogen and oxygen atoms in total. The van der Waals surface area contributed by atoms with Crippen molar-refractivity contribution in [1.29, 1.82) is 0 Å². The lowest BCUT2D eigenvalue weighted by Crippen LogP contribution is -2.65. The number of carbonyl (C=O) groups is 4. The third kappa shape index (κ3) is 6.24. The van der Waals surface area contributed by atoms with Gasteiger partial charge in [-0.25, -0.2) is 4.39 Å². The molecule has 1 aliphatic rings. The fourth-order valence-electron chi connectivity index (χ4n) is 2.87. The Morgan fingerprint density at radius 1 is 0.966 bits per heavy atom. The van der Waals surface area contributed by atoms with Crippen LogP contribution in [0.5, 0.6) is 0 Å². The van der Waals surface area contributed by atoms with Crippen molar-refractivity contribution >= 4 is 23.8 Å². The van der Waals surface area contributed by atoms with Gasteiger partial charge < -0.3 is 24.3 Å². The molecule has 1 N–H and O–H groups in total. The third-order valence-corrected chi connectivity index (χ3v) is 4.02. The Bertz CT molecular complexity index is 756. The highest BCUT2D eigenvalue weighted by molar-refractivity contribution is 5.94. The lowest BCUT2D eigenvalue weighted by molar-refractivity contribution is -0.244. The van der Waals surface area contributed by atoms with E-state index < -0.39 is 61.1 Å². The van der Waals surface area contributed by atoms with Crippen molar-refractivity contribution in [2.75, 3.05) is 6.61 Å². The molecule has 10 heteroatoms. The van der Waals surface area contributed by atoms with Gasteiger partial charge in [0.15, 0.2) is 12.2 Å². The van der Waals surface area contributed by atoms with Crippen LogP contribution in [0, 0.1) is 0 Å². The summed E-state index contributed by atoms with van der Waals surface area (Å²) in [6.45, 7) is 2.89. The van der Waals surface area contributed by atoms with Crippen molar-refractivity contribution in [2.24, 2.45) is 0 Å². The maximum absolute atomic E-state index is 14.8.